The quantitative estimate of drug-likeness (QED) is 0.524. The fourth-order valence-electron chi connectivity index (χ4n) is 0.577. The summed E-state index contributed by atoms with van der Waals surface area (Å²) in [5.74, 6) is 3.15. The highest BCUT2D eigenvalue weighted by Gasteiger charge is 1.85. The maximum absolute atomic E-state index is 4.60. The van der Waals surface area contributed by atoms with Crippen LogP contribution in [0.1, 0.15) is 68.2 Å². The van der Waals surface area contributed by atoms with Crippen molar-refractivity contribution in [3.8, 4) is 12.3 Å². The first kappa shape index (κ1) is 22.9. The molecule has 0 aromatic carbocycles. The van der Waals surface area contributed by atoms with Crippen LogP contribution in [-0.4, -0.2) is 0 Å². The molecule has 0 unspecified atom stereocenters. The van der Waals surface area contributed by atoms with Crippen molar-refractivity contribution in [2.75, 3.05) is 0 Å². The molecule has 0 amide bonds. The van der Waals surface area contributed by atoms with Gasteiger partial charge in [0.05, 0.1) is 0 Å². The van der Waals surface area contributed by atoms with Crippen LogP contribution in [0.15, 0.2) is 0 Å². The summed E-state index contributed by atoms with van der Waals surface area (Å²) in [6.07, 6.45) is 7.30. The Morgan fingerprint density at radius 2 is 1.31 bits per heavy atom. The zero-order valence-electron chi connectivity index (χ0n) is 11.1. The van der Waals surface area contributed by atoms with Crippen molar-refractivity contribution in [2.24, 2.45) is 5.92 Å². The van der Waals surface area contributed by atoms with Crippen molar-refractivity contribution in [1.82, 2.24) is 0 Å². The number of rotatable bonds is 2. The number of hydrogen-bond acceptors (Lipinski definition) is 0. The van der Waals surface area contributed by atoms with Gasteiger partial charge in [0.15, 0.2) is 0 Å². The molecule has 0 aliphatic rings. The topological polar surface area (TPSA) is 0 Å². The zero-order valence-corrected chi connectivity index (χ0v) is 11.1. The van der Waals surface area contributed by atoms with E-state index in [0.29, 0.717) is 0 Å². The van der Waals surface area contributed by atoms with Crippen molar-refractivity contribution < 1.29 is 0 Å². The van der Waals surface area contributed by atoms with Gasteiger partial charge in [-0.2, -0.15) is 0 Å². The van der Waals surface area contributed by atoms with E-state index in [1.165, 1.54) is 12.8 Å². The Hall–Kier alpha value is -0.440. The molecule has 0 bridgehead atoms. The summed E-state index contributed by atoms with van der Waals surface area (Å²) in [6.45, 7) is 16.4. The summed E-state index contributed by atoms with van der Waals surface area (Å²) in [5, 5.41) is 0. The van der Waals surface area contributed by atoms with Crippen LogP contribution in [0.4, 0.5) is 0 Å². The minimum absolute atomic E-state index is 0.898. The maximum Gasteiger partial charge on any atom is -0.00297 e. The van der Waals surface area contributed by atoms with Gasteiger partial charge in [0.1, 0.15) is 0 Å². The molecular weight excluding hydrogens is 156 g/mol. The molecule has 0 saturated carbocycles. The largest absolute Gasteiger partial charge is 0.120 e. The van der Waals surface area contributed by atoms with Crippen LogP contribution < -0.4 is 0 Å². The molecule has 0 aliphatic carbocycles. The third-order valence-corrected chi connectivity index (χ3v) is 0.866. The highest BCUT2D eigenvalue weighted by atomic mass is 13.9. The lowest BCUT2D eigenvalue weighted by Gasteiger charge is -1.95. The first-order valence-electron chi connectivity index (χ1n) is 5.56. The van der Waals surface area contributed by atoms with Gasteiger partial charge in [-0.15, -0.1) is 12.3 Å². The molecule has 0 fully saturated rings. The molecule has 0 aliphatic heterocycles. The highest BCUT2D eigenvalue weighted by molar-refractivity contribution is 4.73. The van der Waals surface area contributed by atoms with Gasteiger partial charge in [0.25, 0.3) is 0 Å². The van der Waals surface area contributed by atoms with E-state index < -0.39 is 0 Å². The van der Waals surface area contributed by atoms with E-state index in [9.17, 15) is 0 Å². The second kappa shape index (κ2) is 41.7. The molecule has 0 N–H and O–H groups in total. The minimum atomic E-state index is 0.898. The van der Waals surface area contributed by atoms with Crippen LogP contribution in [0.25, 0.3) is 0 Å². The second-order valence-electron chi connectivity index (χ2n) is 2.47. The van der Waals surface area contributed by atoms with E-state index in [4.69, 9.17) is 0 Å². The first-order chi connectivity index (χ1) is 6.18. The average Bonchev–Trinajstić information content (AvgIpc) is 2.12. The molecule has 0 atom stereocenters. The molecule has 0 spiro atoms. The van der Waals surface area contributed by atoms with Crippen molar-refractivity contribution in [3.05, 3.63) is 0 Å². The van der Waals surface area contributed by atoms with Crippen LogP contribution >= 0.6 is 0 Å². The monoisotopic (exact) mass is 186 g/mol. The Labute approximate surface area is 87.1 Å². The van der Waals surface area contributed by atoms with Crippen LogP contribution in [0.2, 0.25) is 0 Å². The molecule has 0 saturated heterocycles. The van der Waals surface area contributed by atoms with Gasteiger partial charge in [-0.25, -0.2) is 0 Å². The second-order valence-corrected chi connectivity index (χ2v) is 2.47. The molecule has 82 valence electrons. The Bertz CT molecular complexity index is 64.6. The third-order valence-electron chi connectivity index (χ3n) is 0.866. The van der Waals surface area contributed by atoms with Crippen molar-refractivity contribution in [2.45, 2.75) is 68.2 Å². The van der Waals surface area contributed by atoms with E-state index in [1.807, 2.05) is 27.7 Å². The standard InChI is InChI=1S/C6H14.C3H4.2C2H6/c1-4-5-6(2)3;1-3-2;2*1-2/h6H,4-5H2,1-3H3;1H,2H3;2*1-2H3. The summed E-state index contributed by atoms with van der Waals surface area (Å²) in [5.41, 5.74) is 0. The smallest absolute Gasteiger partial charge is 0.00297 e. The maximum atomic E-state index is 4.60. The van der Waals surface area contributed by atoms with E-state index in [0.717, 1.165) is 5.92 Å². The van der Waals surface area contributed by atoms with Gasteiger partial charge in [-0.3, -0.25) is 0 Å². The molecule has 0 nitrogen and oxygen atoms in total. The normalized spacial score (nSPS) is 6.15. The average molecular weight is 186 g/mol. The van der Waals surface area contributed by atoms with Crippen molar-refractivity contribution >= 4 is 0 Å². The van der Waals surface area contributed by atoms with Crippen LogP contribution in [0, 0.1) is 18.3 Å². The summed E-state index contributed by atoms with van der Waals surface area (Å²) in [7, 11) is 0. The molecule has 0 heterocycles. The molecule has 0 aromatic heterocycles. The van der Waals surface area contributed by atoms with Gasteiger partial charge in [0.2, 0.25) is 0 Å². The van der Waals surface area contributed by atoms with Crippen molar-refractivity contribution in [1.29, 1.82) is 0 Å². The highest BCUT2D eigenvalue weighted by Crippen LogP contribution is 2.00. The number of hydrogen-bond donors (Lipinski definition) is 0. The minimum Gasteiger partial charge on any atom is -0.120 e. The fraction of sp³-hybridized carbons (Fsp3) is 0.846. The Morgan fingerprint density at radius 1 is 1.08 bits per heavy atom. The molecule has 0 rings (SSSR count). The zero-order chi connectivity index (χ0) is 11.7. The molecule has 0 heteroatoms. The molecular formula is C13H30. The lowest BCUT2D eigenvalue weighted by Crippen LogP contribution is -1.81. The summed E-state index contributed by atoms with van der Waals surface area (Å²) >= 11 is 0. The molecule has 13 heavy (non-hydrogen) atoms. The SMILES string of the molecule is C#CC.CC.CC.CCCC(C)C. The summed E-state index contributed by atoms with van der Waals surface area (Å²) < 4.78 is 0. The fourth-order valence-corrected chi connectivity index (χ4v) is 0.577. The van der Waals surface area contributed by atoms with E-state index in [1.54, 1.807) is 6.92 Å². The predicted octanol–water partition coefficient (Wildman–Crippen LogP) is 5.13. The van der Waals surface area contributed by atoms with Crippen LogP contribution in [0.3, 0.4) is 0 Å². The lowest BCUT2D eigenvalue weighted by atomic mass is 10.1. The predicted molar refractivity (Wildman–Crippen MR) is 66.9 cm³/mol. The van der Waals surface area contributed by atoms with Gasteiger partial charge >= 0.3 is 0 Å². The van der Waals surface area contributed by atoms with Gasteiger partial charge in [0, 0.05) is 0 Å². The Morgan fingerprint density at radius 3 is 1.31 bits per heavy atom. The Balaban J connectivity index is -0.0000000493. The van der Waals surface area contributed by atoms with E-state index in [2.05, 4.69) is 33.1 Å². The van der Waals surface area contributed by atoms with Crippen molar-refractivity contribution in [3.63, 3.8) is 0 Å². The van der Waals surface area contributed by atoms with Crippen LogP contribution in [-0.2, 0) is 0 Å². The molecule has 0 radical (unpaired) electrons. The van der Waals surface area contributed by atoms with E-state index in [-0.39, 0.29) is 0 Å². The Kier molecular flexibility index (Phi) is 73.5. The lowest BCUT2D eigenvalue weighted by molar-refractivity contribution is 0.576. The molecule has 0 aromatic rings. The number of terminal acetylenes is 1. The first-order valence-corrected chi connectivity index (χ1v) is 5.56. The van der Waals surface area contributed by atoms with Gasteiger partial charge < -0.3 is 0 Å². The van der Waals surface area contributed by atoms with Crippen LogP contribution in [0.5, 0.6) is 0 Å². The van der Waals surface area contributed by atoms with Gasteiger partial charge in [-0.05, 0) is 12.8 Å². The third kappa shape index (κ3) is 161. The summed E-state index contributed by atoms with van der Waals surface area (Å²) in [4.78, 5) is 0. The summed E-state index contributed by atoms with van der Waals surface area (Å²) in [6, 6.07) is 0. The van der Waals surface area contributed by atoms with E-state index >= 15 is 0 Å². The van der Waals surface area contributed by atoms with Gasteiger partial charge in [-0.1, -0.05) is 61.3 Å².